The van der Waals surface area contributed by atoms with Gasteiger partial charge in [0, 0.05) is 19.0 Å². The molecule has 2 heterocycles. The minimum atomic E-state index is -0.811. The number of aliphatic imine (C=N–C) groups is 1. The number of hydrogen-bond donors (Lipinski definition) is 1. The number of benzene rings is 2. The lowest BCUT2D eigenvalue weighted by atomic mass is 9.83. The van der Waals surface area contributed by atoms with E-state index in [1.165, 1.54) is 25.3 Å². The first-order chi connectivity index (χ1) is 16.5. The van der Waals surface area contributed by atoms with Crippen molar-refractivity contribution in [3.05, 3.63) is 76.0 Å². The number of aliphatic hydroxyl groups excluding tert-OH is 1. The molecule has 1 N–H and O–H groups in total. The number of rotatable bonds is 7. The van der Waals surface area contributed by atoms with Crippen LogP contribution in [0.2, 0.25) is 0 Å². The van der Waals surface area contributed by atoms with Crippen molar-refractivity contribution in [1.82, 2.24) is 4.90 Å². The average molecular weight is 464 g/mol. The van der Waals surface area contributed by atoms with Crippen LogP contribution in [-0.4, -0.2) is 42.1 Å². The molecule has 0 bridgehead atoms. The molecule has 2 aliphatic heterocycles. The van der Waals surface area contributed by atoms with E-state index in [1.807, 2.05) is 17.0 Å². The number of nitrogens with zero attached hydrogens (tertiary/aromatic N) is 3. The standard InChI is InChI=1S/C27H27F2N3O2/c1-34-23-9-4-16(13-22(23)29)12-20-24(17-5-6-17)26(27(33)32-10-2-3-11-32)31-25(20)18-7-8-19(15-30)21(28)14-18/h4,7-9,13-14,17,20,27,33H,2-3,5-6,10-12H2,1H3. The van der Waals surface area contributed by atoms with Gasteiger partial charge in [0.15, 0.2) is 17.8 Å². The molecule has 7 heteroatoms. The number of aliphatic hydroxyl groups is 1. The van der Waals surface area contributed by atoms with Gasteiger partial charge in [-0.25, -0.2) is 8.78 Å². The van der Waals surface area contributed by atoms with E-state index in [0.29, 0.717) is 29.3 Å². The number of allylic oxidation sites excluding steroid dienone is 1. The molecule has 1 saturated carbocycles. The summed E-state index contributed by atoms with van der Waals surface area (Å²) in [5.74, 6) is -0.750. The van der Waals surface area contributed by atoms with E-state index in [4.69, 9.17) is 15.0 Å². The molecular formula is C27H27F2N3O2. The van der Waals surface area contributed by atoms with E-state index in [0.717, 1.165) is 49.9 Å². The van der Waals surface area contributed by atoms with Gasteiger partial charge in [0.1, 0.15) is 11.9 Å². The highest BCUT2D eigenvalue weighted by atomic mass is 19.1. The van der Waals surface area contributed by atoms with Crippen molar-refractivity contribution in [3.8, 4) is 11.8 Å². The topological polar surface area (TPSA) is 68.8 Å². The van der Waals surface area contributed by atoms with E-state index >= 15 is 0 Å². The van der Waals surface area contributed by atoms with Gasteiger partial charge < -0.3 is 9.84 Å². The average Bonchev–Trinajstić information content (AvgIpc) is 3.38. The molecule has 0 spiro atoms. The first-order valence-electron chi connectivity index (χ1n) is 11.8. The number of nitriles is 1. The normalized spacial score (nSPS) is 21.5. The van der Waals surface area contributed by atoms with Crippen molar-refractivity contribution in [2.75, 3.05) is 20.2 Å². The van der Waals surface area contributed by atoms with Crippen LogP contribution in [0.4, 0.5) is 8.78 Å². The van der Waals surface area contributed by atoms with Crippen LogP contribution >= 0.6 is 0 Å². The summed E-state index contributed by atoms with van der Waals surface area (Å²) in [6, 6.07) is 11.3. The summed E-state index contributed by atoms with van der Waals surface area (Å²) in [5.41, 5.74) is 3.73. The first-order valence-corrected chi connectivity index (χ1v) is 11.8. The predicted octanol–water partition coefficient (Wildman–Crippen LogP) is 4.58. The van der Waals surface area contributed by atoms with Crippen molar-refractivity contribution in [2.45, 2.75) is 38.3 Å². The van der Waals surface area contributed by atoms with Gasteiger partial charge >= 0.3 is 0 Å². The molecule has 0 radical (unpaired) electrons. The SMILES string of the molecule is COc1ccc(CC2C(c3ccc(C#N)c(F)c3)=NC(C(O)N3CCCC3)=C2C2CC2)cc1F. The van der Waals surface area contributed by atoms with Gasteiger partial charge in [0.05, 0.1) is 24.1 Å². The maximum atomic E-state index is 14.6. The van der Waals surface area contributed by atoms with E-state index in [9.17, 15) is 13.9 Å². The molecule has 2 aromatic carbocycles. The number of likely N-dealkylation sites (tertiary alicyclic amines) is 1. The third kappa shape index (κ3) is 4.24. The van der Waals surface area contributed by atoms with Crippen LogP contribution in [0.5, 0.6) is 5.75 Å². The second-order valence-corrected chi connectivity index (χ2v) is 9.26. The summed E-state index contributed by atoms with van der Waals surface area (Å²) in [6.45, 7) is 1.63. The Bertz CT molecular complexity index is 1210. The Balaban J connectivity index is 1.57. The fourth-order valence-electron chi connectivity index (χ4n) is 5.16. The van der Waals surface area contributed by atoms with Crippen molar-refractivity contribution >= 4 is 5.71 Å². The lowest BCUT2D eigenvalue weighted by molar-refractivity contribution is 0.0495. The zero-order valence-electron chi connectivity index (χ0n) is 19.1. The molecule has 0 amide bonds. The summed E-state index contributed by atoms with van der Waals surface area (Å²) < 4.78 is 34.1. The Morgan fingerprint density at radius 1 is 1.15 bits per heavy atom. The number of hydrogen-bond acceptors (Lipinski definition) is 5. The van der Waals surface area contributed by atoms with E-state index in [-0.39, 0.29) is 17.2 Å². The zero-order chi connectivity index (χ0) is 23.8. The summed E-state index contributed by atoms with van der Waals surface area (Å²) in [6.07, 6.45) is 3.77. The quantitative estimate of drug-likeness (QED) is 0.653. The summed E-state index contributed by atoms with van der Waals surface area (Å²) >= 11 is 0. The van der Waals surface area contributed by atoms with Gasteiger partial charge in [-0.2, -0.15) is 5.26 Å². The third-order valence-corrected chi connectivity index (χ3v) is 7.03. The molecule has 2 fully saturated rings. The molecule has 34 heavy (non-hydrogen) atoms. The molecule has 2 unspecified atom stereocenters. The van der Waals surface area contributed by atoms with Gasteiger partial charge in [-0.15, -0.1) is 0 Å². The summed E-state index contributed by atoms with van der Waals surface area (Å²) in [5, 5.41) is 20.4. The fourth-order valence-corrected chi connectivity index (χ4v) is 5.16. The Morgan fingerprint density at radius 2 is 1.91 bits per heavy atom. The Hall–Kier alpha value is -3.08. The van der Waals surface area contributed by atoms with E-state index in [1.54, 1.807) is 12.1 Å². The maximum absolute atomic E-state index is 14.6. The second kappa shape index (κ2) is 9.28. The maximum Gasteiger partial charge on any atom is 0.165 e. The van der Waals surface area contributed by atoms with Crippen LogP contribution in [0.15, 0.2) is 52.7 Å². The van der Waals surface area contributed by atoms with Crippen LogP contribution in [0.25, 0.3) is 0 Å². The Morgan fingerprint density at radius 3 is 2.53 bits per heavy atom. The molecule has 5 nitrogen and oxygen atoms in total. The summed E-state index contributed by atoms with van der Waals surface area (Å²) in [4.78, 5) is 6.95. The van der Waals surface area contributed by atoms with E-state index in [2.05, 4.69) is 0 Å². The third-order valence-electron chi connectivity index (χ3n) is 7.03. The molecule has 1 aliphatic carbocycles. The Kier molecular flexibility index (Phi) is 6.20. The summed E-state index contributed by atoms with van der Waals surface area (Å²) in [7, 11) is 1.43. The highest BCUT2D eigenvalue weighted by Gasteiger charge is 2.42. The first kappa shape index (κ1) is 22.7. The molecule has 0 aromatic heterocycles. The molecule has 5 rings (SSSR count). The van der Waals surface area contributed by atoms with Crippen molar-refractivity contribution in [3.63, 3.8) is 0 Å². The molecule has 1 saturated heterocycles. The number of halogens is 2. The number of ether oxygens (including phenoxy) is 1. The van der Waals surface area contributed by atoms with Crippen molar-refractivity contribution in [2.24, 2.45) is 16.8 Å². The molecular weight excluding hydrogens is 436 g/mol. The minimum absolute atomic E-state index is 0.0242. The highest BCUT2D eigenvalue weighted by molar-refractivity contribution is 6.06. The predicted molar refractivity (Wildman–Crippen MR) is 124 cm³/mol. The van der Waals surface area contributed by atoms with Crippen LogP contribution in [0, 0.1) is 34.8 Å². The van der Waals surface area contributed by atoms with Crippen molar-refractivity contribution < 1.29 is 18.6 Å². The second-order valence-electron chi connectivity index (χ2n) is 9.26. The molecule has 3 aliphatic rings. The molecule has 176 valence electrons. The van der Waals surface area contributed by atoms with Crippen molar-refractivity contribution in [1.29, 1.82) is 5.26 Å². The lowest BCUT2D eigenvalue weighted by Crippen LogP contribution is -2.34. The van der Waals surface area contributed by atoms with Crippen LogP contribution in [0.3, 0.4) is 0 Å². The van der Waals surface area contributed by atoms with Gasteiger partial charge in [0.25, 0.3) is 0 Å². The van der Waals surface area contributed by atoms with Gasteiger partial charge in [0.2, 0.25) is 0 Å². The van der Waals surface area contributed by atoms with E-state index < -0.39 is 17.9 Å². The zero-order valence-corrected chi connectivity index (χ0v) is 19.1. The van der Waals surface area contributed by atoms with Crippen LogP contribution < -0.4 is 4.74 Å². The molecule has 2 atom stereocenters. The Labute approximate surface area is 198 Å². The van der Waals surface area contributed by atoms with Crippen LogP contribution in [0.1, 0.15) is 42.4 Å². The smallest absolute Gasteiger partial charge is 0.165 e. The minimum Gasteiger partial charge on any atom is -0.494 e. The van der Waals surface area contributed by atoms with Crippen LogP contribution in [-0.2, 0) is 6.42 Å². The van der Waals surface area contributed by atoms with Gasteiger partial charge in [-0.3, -0.25) is 9.89 Å². The highest BCUT2D eigenvalue weighted by Crippen LogP contribution is 2.48. The van der Waals surface area contributed by atoms with Gasteiger partial charge in [-0.1, -0.05) is 12.1 Å². The fraction of sp³-hybridized carbons (Fsp3) is 0.407. The molecule has 2 aromatic rings. The largest absolute Gasteiger partial charge is 0.494 e. The number of methoxy groups -OCH3 is 1. The lowest BCUT2D eigenvalue weighted by Gasteiger charge is -2.24. The monoisotopic (exact) mass is 463 g/mol. The van der Waals surface area contributed by atoms with Gasteiger partial charge in [-0.05, 0) is 79.0 Å².